The van der Waals surface area contributed by atoms with Crippen molar-refractivity contribution in [3.05, 3.63) is 41.6 Å². The van der Waals surface area contributed by atoms with E-state index in [0.717, 1.165) is 22.6 Å². The van der Waals surface area contributed by atoms with E-state index in [0.29, 0.717) is 11.6 Å². The molecular formula is C16H19N3O. The van der Waals surface area contributed by atoms with Crippen LogP contribution in [0.5, 0.6) is 0 Å². The Bertz CT molecular complexity index is 641. The first kappa shape index (κ1) is 12.8. The Morgan fingerprint density at radius 2 is 2.10 bits per heavy atom. The first-order valence-corrected chi connectivity index (χ1v) is 7.00. The summed E-state index contributed by atoms with van der Waals surface area (Å²) in [5, 5.41) is 3.57. The summed E-state index contributed by atoms with van der Waals surface area (Å²) in [5.74, 6) is -0.394. The molecule has 0 aliphatic heterocycles. The fourth-order valence-corrected chi connectivity index (χ4v) is 2.58. The van der Waals surface area contributed by atoms with Crippen LogP contribution in [0.25, 0.3) is 11.3 Å². The van der Waals surface area contributed by atoms with Crippen molar-refractivity contribution in [3.8, 4) is 11.3 Å². The molecule has 0 unspecified atom stereocenters. The molecule has 4 N–H and O–H groups in total. The van der Waals surface area contributed by atoms with Crippen molar-refractivity contribution >= 4 is 11.6 Å². The SMILES string of the molecule is Cc1[nH]c(-c2ccccc2NC2CCC2)cc1C(N)=O. The molecule has 1 aliphatic rings. The molecule has 1 fully saturated rings. The molecule has 2 aromatic rings. The molecule has 0 spiro atoms. The van der Waals surface area contributed by atoms with Crippen LogP contribution >= 0.6 is 0 Å². The second kappa shape index (κ2) is 5.04. The van der Waals surface area contributed by atoms with Gasteiger partial charge < -0.3 is 16.0 Å². The first-order valence-electron chi connectivity index (χ1n) is 7.00. The number of para-hydroxylation sites is 1. The van der Waals surface area contributed by atoms with E-state index >= 15 is 0 Å². The van der Waals surface area contributed by atoms with E-state index in [-0.39, 0.29) is 0 Å². The van der Waals surface area contributed by atoms with Crippen LogP contribution in [-0.4, -0.2) is 16.9 Å². The van der Waals surface area contributed by atoms with Gasteiger partial charge in [0.15, 0.2) is 0 Å². The van der Waals surface area contributed by atoms with Crippen LogP contribution in [0.15, 0.2) is 30.3 Å². The quantitative estimate of drug-likeness (QED) is 0.798. The van der Waals surface area contributed by atoms with Crippen LogP contribution in [0.2, 0.25) is 0 Å². The fraction of sp³-hybridized carbons (Fsp3) is 0.312. The molecule has 4 heteroatoms. The summed E-state index contributed by atoms with van der Waals surface area (Å²) in [7, 11) is 0. The number of nitrogens with two attached hydrogens (primary N) is 1. The number of H-pyrrole nitrogens is 1. The molecule has 1 aromatic heterocycles. The van der Waals surface area contributed by atoms with E-state index in [4.69, 9.17) is 5.73 Å². The van der Waals surface area contributed by atoms with Gasteiger partial charge in [0.05, 0.1) is 5.56 Å². The molecule has 1 saturated carbocycles. The first-order chi connectivity index (χ1) is 9.65. The van der Waals surface area contributed by atoms with Gasteiger partial charge in [-0.3, -0.25) is 4.79 Å². The molecule has 4 nitrogen and oxygen atoms in total. The van der Waals surface area contributed by atoms with Crippen molar-refractivity contribution in [2.75, 3.05) is 5.32 Å². The largest absolute Gasteiger partial charge is 0.382 e. The smallest absolute Gasteiger partial charge is 0.250 e. The standard InChI is InChI=1S/C16H19N3O/c1-10-13(16(17)20)9-15(18-10)12-7-2-3-8-14(12)19-11-5-4-6-11/h2-3,7-9,11,18-19H,4-6H2,1H3,(H2,17,20). The number of anilines is 1. The Hall–Kier alpha value is -2.23. The third kappa shape index (κ3) is 2.29. The molecular weight excluding hydrogens is 250 g/mol. The van der Waals surface area contributed by atoms with Crippen LogP contribution < -0.4 is 11.1 Å². The molecule has 1 aromatic carbocycles. The average molecular weight is 269 g/mol. The van der Waals surface area contributed by atoms with Crippen LogP contribution in [0.3, 0.4) is 0 Å². The van der Waals surface area contributed by atoms with E-state index in [2.05, 4.69) is 22.4 Å². The molecule has 0 radical (unpaired) electrons. The topological polar surface area (TPSA) is 70.9 Å². The molecule has 1 aliphatic carbocycles. The minimum atomic E-state index is -0.394. The third-order valence-corrected chi connectivity index (χ3v) is 3.96. The highest BCUT2D eigenvalue weighted by Crippen LogP contribution is 2.31. The maximum atomic E-state index is 11.4. The maximum absolute atomic E-state index is 11.4. The van der Waals surface area contributed by atoms with Gasteiger partial charge in [0.1, 0.15) is 0 Å². The fourth-order valence-electron chi connectivity index (χ4n) is 2.58. The summed E-state index contributed by atoms with van der Waals surface area (Å²) in [6, 6.07) is 10.6. The summed E-state index contributed by atoms with van der Waals surface area (Å²) < 4.78 is 0. The molecule has 20 heavy (non-hydrogen) atoms. The number of carbonyl (C=O) groups excluding carboxylic acids is 1. The predicted molar refractivity (Wildman–Crippen MR) is 80.7 cm³/mol. The highest BCUT2D eigenvalue weighted by atomic mass is 16.1. The van der Waals surface area contributed by atoms with Gasteiger partial charge in [0, 0.05) is 28.7 Å². The van der Waals surface area contributed by atoms with Crippen LogP contribution in [0, 0.1) is 6.92 Å². The Labute approximate surface area is 118 Å². The molecule has 1 heterocycles. The summed E-state index contributed by atoms with van der Waals surface area (Å²) in [5.41, 5.74) is 9.86. The number of aryl methyl sites for hydroxylation is 1. The monoisotopic (exact) mass is 269 g/mol. The number of primary amides is 1. The zero-order chi connectivity index (χ0) is 14.1. The number of nitrogens with one attached hydrogen (secondary N) is 2. The van der Waals surface area contributed by atoms with E-state index in [1.54, 1.807) is 0 Å². The molecule has 0 saturated heterocycles. The van der Waals surface area contributed by atoms with E-state index in [1.165, 1.54) is 19.3 Å². The lowest BCUT2D eigenvalue weighted by Crippen LogP contribution is -2.27. The van der Waals surface area contributed by atoms with E-state index < -0.39 is 5.91 Å². The van der Waals surface area contributed by atoms with E-state index in [9.17, 15) is 4.79 Å². The molecule has 104 valence electrons. The van der Waals surface area contributed by atoms with Crippen LogP contribution in [0.4, 0.5) is 5.69 Å². The number of hydrogen-bond donors (Lipinski definition) is 3. The summed E-state index contributed by atoms with van der Waals surface area (Å²) in [4.78, 5) is 14.6. The number of hydrogen-bond acceptors (Lipinski definition) is 2. The van der Waals surface area contributed by atoms with Gasteiger partial charge in [0.2, 0.25) is 0 Å². The van der Waals surface area contributed by atoms with Crippen molar-refractivity contribution in [1.82, 2.24) is 4.98 Å². The number of aromatic nitrogens is 1. The van der Waals surface area contributed by atoms with Gasteiger partial charge in [-0.1, -0.05) is 18.2 Å². The Kier molecular flexibility index (Phi) is 3.22. The lowest BCUT2D eigenvalue weighted by Gasteiger charge is -2.28. The molecule has 1 amide bonds. The summed E-state index contributed by atoms with van der Waals surface area (Å²) in [6.07, 6.45) is 3.75. The van der Waals surface area contributed by atoms with E-state index in [1.807, 2.05) is 25.1 Å². The zero-order valence-electron chi connectivity index (χ0n) is 11.6. The number of benzene rings is 1. The maximum Gasteiger partial charge on any atom is 0.250 e. The summed E-state index contributed by atoms with van der Waals surface area (Å²) in [6.45, 7) is 1.87. The highest BCUT2D eigenvalue weighted by molar-refractivity contribution is 5.96. The van der Waals surface area contributed by atoms with Crippen molar-refractivity contribution in [2.24, 2.45) is 5.73 Å². The van der Waals surface area contributed by atoms with Crippen molar-refractivity contribution < 1.29 is 4.79 Å². The van der Waals surface area contributed by atoms with Gasteiger partial charge in [-0.2, -0.15) is 0 Å². The molecule has 0 bridgehead atoms. The highest BCUT2D eigenvalue weighted by Gasteiger charge is 2.19. The van der Waals surface area contributed by atoms with Crippen LogP contribution in [-0.2, 0) is 0 Å². The number of carbonyl (C=O) groups is 1. The third-order valence-electron chi connectivity index (χ3n) is 3.96. The average Bonchev–Trinajstić information content (AvgIpc) is 2.76. The second-order valence-electron chi connectivity index (χ2n) is 5.40. The predicted octanol–water partition coefficient (Wildman–Crippen LogP) is 3.05. The van der Waals surface area contributed by atoms with Gasteiger partial charge in [0.25, 0.3) is 5.91 Å². The van der Waals surface area contributed by atoms with Crippen molar-refractivity contribution in [3.63, 3.8) is 0 Å². The van der Waals surface area contributed by atoms with Gasteiger partial charge in [-0.15, -0.1) is 0 Å². The van der Waals surface area contributed by atoms with Crippen LogP contribution in [0.1, 0.15) is 35.3 Å². The Balaban J connectivity index is 1.96. The Morgan fingerprint density at radius 3 is 2.70 bits per heavy atom. The number of amides is 1. The Morgan fingerprint density at radius 1 is 1.35 bits per heavy atom. The van der Waals surface area contributed by atoms with Crippen molar-refractivity contribution in [1.29, 1.82) is 0 Å². The lowest BCUT2D eigenvalue weighted by atomic mass is 9.92. The van der Waals surface area contributed by atoms with Gasteiger partial charge in [-0.25, -0.2) is 0 Å². The molecule has 0 atom stereocenters. The second-order valence-corrected chi connectivity index (χ2v) is 5.40. The molecule has 3 rings (SSSR count). The minimum Gasteiger partial charge on any atom is -0.382 e. The van der Waals surface area contributed by atoms with Gasteiger partial charge >= 0.3 is 0 Å². The van der Waals surface area contributed by atoms with Crippen molar-refractivity contribution in [2.45, 2.75) is 32.2 Å². The number of aromatic amines is 1. The zero-order valence-corrected chi connectivity index (χ0v) is 11.6. The van der Waals surface area contributed by atoms with Gasteiger partial charge in [-0.05, 0) is 38.3 Å². The normalized spacial score (nSPS) is 14.8. The number of rotatable bonds is 4. The lowest BCUT2D eigenvalue weighted by molar-refractivity contribution is 0.1000. The minimum absolute atomic E-state index is 0.394. The summed E-state index contributed by atoms with van der Waals surface area (Å²) >= 11 is 0.